The molecule has 1 unspecified atom stereocenters. The predicted molar refractivity (Wildman–Crippen MR) is 233 cm³/mol. The van der Waals surface area contributed by atoms with Crippen LogP contribution in [-0.4, -0.2) is 144 Å². The lowest BCUT2D eigenvalue weighted by Crippen LogP contribution is -2.57. The molecule has 3 saturated heterocycles. The van der Waals surface area contributed by atoms with Crippen LogP contribution in [0.2, 0.25) is 0 Å². The lowest BCUT2D eigenvalue weighted by Gasteiger charge is -2.40. The number of piperidine rings is 2. The fourth-order valence-corrected chi connectivity index (χ4v) is 9.82. The van der Waals surface area contributed by atoms with E-state index in [1.54, 1.807) is 15.9 Å². The Labute approximate surface area is 383 Å². The average Bonchev–Trinajstić information content (AvgIpc) is 4.16. The molecule has 2 saturated carbocycles. The Hall–Kier alpha value is -4.84. The zero-order valence-corrected chi connectivity index (χ0v) is 38.2. The van der Waals surface area contributed by atoms with E-state index in [1.807, 2.05) is 48.8 Å². The highest BCUT2D eigenvalue weighted by atomic mass is 19.2. The van der Waals surface area contributed by atoms with Gasteiger partial charge in [-0.15, -0.1) is 0 Å². The van der Waals surface area contributed by atoms with Crippen molar-refractivity contribution in [3.63, 3.8) is 0 Å². The van der Waals surface area contributed by atoms with Crippen LogP contribution in [0.4, 0.5) is 26.7 Å². The normalized spacial score (nSPS) is 21.0. The third kappa shape index (κ3) is 12.4. The minimum atomic E-state index is -2.33. The Kier molecular flexibility index (Phi) is 15.9. The number of carbonyl (C=O) groups is 5. The summed E-state index contributed by atoms with van der Waals surface area (Å²) in [6.07, 6.45) is 9.05. The highest BCUT2D eigenvalue weighted by Crippen LogP contribution is 2.33. The molecular formula is C48H63F5N6O7. The van der Waals surface area contributed by atoms with Gasteiger partial charge >= 0.3 is 12.1 Å². The molecule has 362 valence electrons. The van der Waals surface area contributed by atoms with Crippen LogP contribution < -0.4 is 10.1 Å². The first kappa shape index (κ1) is 49.1. The van der Waals surface area contributed by atoms with Crippen molar-refractivity contribution in [2.75, 3.05) is 72.0 Å². The number of nitrogens with one attached hydrogen (secondary N) is 1. The molecule has 66 heavy (non-hydrogen) atoms. The van der Waals surface area contributed by atoms with Gasteiger partial charge < -0.3 is 24.6 Å². The molecule has 4 amide bonds. The number of rotatable bonds is 13. The Morgan fingerprint density at radius 2 is 1.39 bits per heavy atom. The van der Waals surface area contributed by atoms with E-state index in [9.17, 15) is 45.9 Å². The fraction of sp³-hybridized carbons (Fsp3) is 0.646. The largest absolute Gasteiger partial charge is 0.444 e. The van der Waals surface area contributed by atoms with Crippen molar-refractivity contribution in [1.82, 2.24) is 29.8 Å². The first-order valence-corrected chi connectivity index (χ1v) is 23.6. The molecule has 5 fully saturated rings. The minimum absolute atomic E-state index is 0.00410. The summed E-state index contributed by atoms with van der Waals surface area (Å²) >= 11 is 0. The van der Waals surface area contributed by atoms with E-state index in [4.69, 9.17) is 4.74 Å². The van der Waals surface area contributed by atoms with Gasteiger partial charge in [-0.25, -0.2) is 18.0 Å². The topological polar surface area (TPSA) is 132 Å². The second kappa shape index (κ2) is 21.4. The molecule has 5 aliphatic rings. The third-order valence-electron chi connectivity index (χ3n) is 13.6. The number of hydrogen-bond acceptors (Lipinski definition) is 9. The van der Waals surface area contributed by atoms with Crippen molar-refractivity contribution in [2.24, 2.45) is 11.8 Å². The number of ether oxygens (including phenoxy) is 2. The van der Waals surface area contributed by atoms with Crippen LogP contribution in [0.1, 0.15) is 113 Å². The van der Waals surface area contributed by atoms with Crippen molar-refractivity contribution in [2.45, 2.75) is 115 Å². The Morgan fingerprint density at radius 1 is 0.742 bits per heavy atom. The van der Waals surface area contributed by atoms with Gasteiger partial charge in [0, 0.05) is 63.3 Å². The van der Waals surface area contributed by atoms with Gasteiger partial charge in [-0.1, -0.05) is 31.4 Å². The van der Waals surface area contributed by atoms with Gasteiger partial charge in [0.05, 0.1) is 6.54 Å². The van der Waals surface area contributed by atoms with Crippen LogP contribution in [0.25, 0.3) is 0 Å². The molecule has 0 bridgehead atoms. The molecule has 0 spiro atoms. The molecule has 2 aliphatic carbocycles. The quantitative estimate of drug-likeness (QED) is 0.0774. The maximum Gasteiger partial charge on any atom is 0.411 e. The maximum absolute atomic E-state index is 14.3. The van der Waals surface area contributed by atoms with E-state index < -0.39 is 58.5 Å². The fourth-order valence-electron chi connectivity index (χ4n) is 9.82. The third-order valence-corrected chi connectivity index (χ3v) is 13.6. The van der Waals surface area contributed by atoms with Crippen LogP contribution in [0.5, 0.6) is 5.75 Å². The number of nitrogens with zero attached hydrogens (tertiary/aromatic N) is 5. The monoisotopic (exact) mass is 930 g/mol. The molecule has 1 N–H and O–H groups in total. The van der Waals surface area contributed by atoms with Crippen molar-refractivity contribution in [1.29, 1.82) is 0 Å². The van der Waals surface area contributed by atoms with E-state index in [-0.39, 0.29) is 54.6 Å². The second-order valence-corrected chi connectivity index (χ2v) is 19.7. The SMILES string of the molecule is CC(C)(C)OC(=O)N(CC(=O)N1CCCC(c2cccc(C(=O)N[C@@H](C(=O)N3CCN(CC4CCN(CC(=O)Oc5c(F)c(F)c(F)c(F)c5F)CC4)CC3)C3CCCCC3)c2)C1)C1CC1. The summed E-state index contributed by atoms with van der Waals surface area (Å²) in [4.78, 5) is 76.5. The van der Waals surface area contributed by atoms with Gasteiger partial charge in [0.1, 0.15) is 18.2 Å². The lowest BCUT2D eigenvalue weighted by atomic mass is 9.83. The van der Waals surface area contributed by atoms with Crippen LogP contribution in [-0.2, 0) is 19.1 Å². The molecule has 0 aromatic heterocycles. The van der Waals surface area contributed by atoms with E-state index in [1.165, 1.54) is 0 Å². The van der Waals surface area contributed by atoms with Gasteiger partial charge in [-0.3, -0.25) is 33.9 Å². The molecule has 0 radical (unpaired) electrons. The minimum Gasteiger partial charge on any atom is -0.444 e. The van der Waals surface area contributed by atoms with Crippen molar-refractivity contribution >= 4 is 29.8 Å². The molecule has 2 atom stereocenters. The zero-order chi connectivity index (χ0) is 47.3. The molecule has 13 nitrogen and oxygen atoms in total. The molecule has 7 rings (SSSR count). The van der Waals surface area contributed by atoms with E-state index in [0.717, 1.165) is 69.9 Å². The van der Waals surface area contributed by atoms with Crippen LogP contribution in [0.15, 0.2) is 24.3 Å². The number of halogens is 5. The van der Waals surface area contributed by atoms with Crippen molar-refractivity contribution < 1.29 is 55.4 Å². The van der Waals surface area contributed by atoms with E-state index in [0.29, 0.717) is 70.8 Å². The van der Waals surface area contributed by atoms with Gasteiger partial charge in [-0.2, -0.15) is 8.78 Å². The Balaban J connectivity index is 0.891. The Bertz CT molecular complexity index is 2070. The lowest BCUT2D eigenvalue weighted by molar-refractivity contribution is -0.137. The summed E-state index contributed by atoms with van der Waals surface area (Å²) < 4.78 is 78.7. The van der Waals surface area contributed by atoms with Gasteiger partial charge in [-0.05, 0) is 115 Å². The smallest absolute Gasteiger partial charge is 0.411 e. The zero-order valence-electron chi connectivity index (χ0n) is 38.2. The summed E-state index contributed by atoms with van der Waals surface area (Å²) in [5.74, 6) is -14.1. The molecule has 3 heterocycles. The van der Waals surface area contributed by atoms with Crippen LogP contribution >= 0.6 is 0 Å². The molecule has 2 aromatic rings. The molecular weight excluding hydrogens is 868 g/mol. The average molecular weight is 931 g/mol. The highest BCUT2D eigenvalue weighted by molar-refractivity contribution is 5.98. The van der Waals surface area contributed by atoms with E-state index >= 15 is 0 Å². The highest BCUT2D eigenvalue weighted by Gasteiger charge is 2.39. The van der Waals surface area contributed by atoms with Crippen molar-refractivity contribution in [3.05, 3.63) is 64.5 Å². The van der Waals surface area contributed by atoms with Crippen LogP contribution in [0, 0.1) is 40.9 Å². The number of hydrogen-bond donors (Lipinski definition) is 1. The first-order chi connectivity index (χ1) is 31.4. The summed E-state index contributed by atoms with van der Waals surface area (Å²) in [6, 6.07) is 6.82. The molecule has 18 heteroatoms. The van der Waals surface area contributed by atoms with Crippen LogP contribution in [0.3, 0.4) is 0 Å². The summed E-state index contributed by atoms with van der Waals surface area (Å²) in [6.45, 7) is 10.1. The van der Waals surface area contributed by atoms with Crippen molar-refractivity contribution in [3.8, 4) is 5.75 Å². The standard InChI is InChI=1S/C48H63F5N6O7/c1-48(2,3)66-47(64)59(35-14-15-35)28-36(60)58-18-8-13-34(27-58)32-11-7-12-33(25-32)45(62)54-43(31-9-5-4-6-10-31)46(63)57-23-21-56(22-24-57)26-30-16-19-55(20-17-30)29-37(61)65-44-41(52)39(50)38(49)40(51)42(44)53/h7,11-12,25,30-31,34-35,43H,4-6,8-10,13-24,26-29H2,1-3H3,(H,54,62)/t34?,43-/m1/s1. The number of esters is 1. The number of carbonyl (C=O) groups excluding carboxylic acids is 5. The number of likely N-dealkylation sites (tertiary alicyclic amines) is 2. The summed E-state index contributed by atoms with van der Waals surface area (Å²) in [5, 5.41) is 3.16. The summed E-state index contributed by atoms with van der Waals surface area (Å²) in [7, 11) is 0. The number of amides is 4. The first-order valence-electron chi connectivity index (χ1n) is 23.6. The molecule has 3 aliphatic heterocycles. The number of piperazine rings is 1. The predicted octanol–water partition coefficient (Wildman–Crippen LogP) is 6.63. The second-order valence-electron chi connectivity index (χ2n) is 19.7. The maximum atomic E-state index is 14.3. The Morgan fingerprint density at radius 3 is 2.03 bits per heavy atom. The van der Waals surface area contributed by atoms with Gasteiger partial charge in [0.2, 0.25) is 46.6 Å². The van der Waals surface area contributed by atoms with E-state index in [2.05, 4.69) is 15.0 Å². The molecule has 2 aromatic carbocycles. The van der Waals surface area contributed by atoms with Gasteiger partial charge in [0.15, 0.2) is 0 Å². The van der Waals surface area contributed by atoms with Gasteiger partial charge in [0.25, 0.3) is 5.91 Å². The number of benzene rings is 2. The summed E-state index contributed by atoms with van der Waals surface area (Å²) in [5.41, 5.74) is 0.743.